The Kier molecular flexibility index (Phi) is 6.26. The number of hydrogen-bond donors (Lipinski definition) is 1. The summed E-state index contributed by atoms with van der Waals surface area (Å²) < 4.78 is 29.0. The van der Waals surface area contributed by atoms with E-state index in [2.05, 4.69) is 5.32 Å². The van der Waals surface area contributed by atoms with E-state index in [0.717, 1.165) is 31.5 Å². The summed E-state index contributed by atoms with van der Waals surface area (Å²) in [6, 6.07) is 6.73. The predicted molar refractivity (Wildman–Crippen MR) is 77.2 cm³/mol. The molecule has 1 heterocycles. The Morgan fingerprint density at radius 1 is 1.32 bits per heavy atom. The van der Waals surface area contributed by atoms with Crippen molar-refractivity contribution in [3.8, 4) is 0 Å². The van der Waals surface area contributed by atoms with Gasteiger partial charge < -0.3 is 5.32 Å². The normalized spacial score (nSPS) is 19.7. The largest absolute Gasteiger partial charge is 0.316 e. The van der Waals surface area contributed by atoms with E-state index in [1.54, 1.807) is 24.3 Å². The number of halogens is 1. The Hall–Kier alpha value is -0.620. The third-order valence-electron chi connectivity index (χ3n) is 3.17. The van der Waals surface area contributed by atoms with Gasteiger partial charge in [0.15, 0.2) is 0 Å². The number of rotatable bonds is 4. The Balaban J connectivity index is 0.00000180. The standard InChI is InChI=1S/C13H19NO3S.ClH/c1-11-4-6-13(7-5-11)18(15,16)17-10-12-3-2-8-14-9-12;/h4-7,12,14H,2-3,8-10H2,1H3;1H. The molecule has 1 saturated heterocycles. The summed E-state index contributed by atoms with van der Waals surface area (Å²) in [5.41, 5.74) is 1.03. The van der Waals surface area contributed by atoms with E-state index in [0.29, 0.717) is 5.92 Å². The first-order valence-electron chi connectivity index (χ1n) is 6.25. The van der Waals surface area contributed by atoms with Crippen molar-refractivity contribution in [1.82, 2.24) is 5.32 Å². The molecule has 1 aromatic carbocycles. The third-order valence-corrected chi connectivity index (χ3v) is 4.46. The van der Waals surface area contributed by atoms with E-state index < -0.39 is 10.1 Å². The summed E-state index contributed by atoms with van der Waals surface area (Å²) >= 11 is 0. The summed E-state index contributed by atoms with van der Waals surface area (Å²) in [5, 5.41) is 3.24. The van der Waals surface area contributed by atoms with E-state index in [4.69, 9.17) is 4.18 Å². The molecule has 1 unspecified atom stereocenters. The molecule has 2 rings (SSSR count). The highest BCUT2D eigenvalue weighted by molar-refractivity contribution is 7.86. The van der Waals surface area contributed by atoms with Gasteiger partial charge >= 0.3 is 0 Å². The van der Waals surface area contributed by atoms with Crippen LogP contribution in [0.2, 0.25) is 0 Å². The lowest BCUT2D eigenvalue weighted by atomic mass is 10.0. The van der Waals surface area contributed by atoms with E-state index in [9.17, 15) is 8.42 Å². The van der Waals surface area contributed by atoms with Crippen molar-refractivity contribution in [3.05, 3.63) is 29.8 Å². The van der Waals surface area contributed by atoms with Crippen LogP contribution in [0.3, 0.4) is 0 Å². The van der Waals surface area contributed by atoms with Gasteiger partial charge in [0, 0.05) is 6.54 Å². The fourth-order valence-electron chi connectivity index (χ4n) is 2.03. The summed E-state index contributed by atoms with van der Waals surface area (Å²) in [6.45, 7) is 4.04. The van der Waals surface area contributed by atoms with Crippen molar-refractivity contribution in [2.45, 2.75) is 24.7 Å². The van der Waals surface area contributed by atoms with Gasteiger partial charge in [-0.25, -0.2) is 0 Å². The molecule has 4 nitrogen and oxygen atoms in total. The van der Waals surface area contributed by atoms with E-state index >= 15 is 0 Å². The Morgan fingerprint density at radius 3 is 2.58 bits per heavy atom. The molecule has 1 aliphatic heterocycles. The van der Waals surface area contributed by atoms with Crippen LogP contribution in [0.5, 0.6) is 0 Å². The molecular weight excluding hydrogens is 286 g/mol. The van der Waals surface area contributed by atoms with Crippen molar-refractivity contribution >= 4 is 22.5 Å². The van der Waals surface area contributed by atoms with Gasteiger partial charge in [0.2, 0.25) is 0 Å². The fourth-order valence-corrected chi connectivity index (χ4v) is 3.00. The zero-order chi connectivity index (χ0) is 13.0. The van der Waals surface area contributed by atoms with E-state index in [-0.39, 0.29) is 23.9 Å². The molecule has 0 spiro atoms. The maximum atomic E-state index is 11.9. The average Bonchev–Trinajstić information content (AvgIpc) is 2.38. The van der Waals surface area contributed by atoms with Crippen molar-refractivity contribution in [3.63, 3.8) is 0 Å². The van der Waals surface area contributed by atoms with Gasteiger partial charge in [0.05, 0.1) is 11.5 Å². The van der Waals surface area contributed by atoms with Gasteiger partial charge in [0.1, 0.15) is 0 Å². The van der Waals surface area contributed by atoms with Gasteiger partial charge in [-0.2, -0.15) is 8.42 Å². The molecule has 0 aromatic heterocycles. The average molecular weight is 306 g/mol. The third kappa shape index (κ3) is 4.76. The molecule has 0 amide bonds. The first-order valence-corrected chi connectivity index (χ1v) is 7.65. The smallest absolute Gasteiger partial charge is 0.296 e. The van der Waals surface area contributed by atoms with Crippen LogP contribution in [-0.4, -0.2) is 28.1 Å². The maximum absolute atomic E-state index is 11.9. The highest BCUT2D eigenvalue weighted by Crippen LogP contribution is 2.16. The molecule has 1 aliphatic rings. The van der Waals surface area contributed by atoms with Gasteiger partial charge in [-0.05, 0) is 44.4 Å². The minimum absolute atomic E-state index is 0. The van der Waals surface area contributed by atoms with Crippen molar-refractivity contribution in [1.29, 1.82) is 0 Å². The van der Waals surface area contributed by atoms with Gasteiger partial charge in [-0.15, -0.1) is 12.4 Å². The van der Waals surface area contributed by atoms with Crippen molar-refractivity contribution < 1.29 is 12.6 Å². The Bertz CT molecular complexity index is 481. The van der Waals surface area contributed by atoms with Crippen LogP contribution in [0, 0.1) is 12.8 Å². The molecule has 0 saturated carbocycles. The molecule has 19 heavy (non-hydrogen) atoms. The molecule has 1 aromatic rings. The van der Waals surface area contributed by atoms with Crippen LogP contribution in [0.1, 0.15) is 18.4 Å². The summed E-state index contributed by atoms with van der Waals surface area (Å²) in [7, 11) is -3.60. The van der Waals surface area contributed by atoms with Crippen LogP contribution in [0.15, 0.2) is 29.2 Å². The van der Waals surface area contributed by atoms with Crippen LogP contribution in [0.25, 0.3) is 0 Å². The molecule has 108 valence electrons. The SMILES string of the molecule is Cc1ccc(S(=O)(=O)OCC2CCCNC2)cc1.Cl. The lowest BCUT2D eigenvalue weighted by Gasteiger charge is -2.22. The van der Waals surface area contributed by atoms with Gasteiger partial charge in [-0.1, -0.05) is 17.7 Å². The zero-order valence-electron chi connectivity index (χ0n) is 11.0. The van der Waals surface area contributed by atoms with Gasteiger partial charge in [-0.3, -0.25) is 4.18 Å². The van der Waals surface area contributed by atoms with Crippen LogP contribution in [0.4, 0.5) is 0 Å². The van der Waals surface area contributed by atoms with E-state index in [1.165, 1.54) is 0 Å². The molecule has 1 atom stereocenters. The minimum atomic E-state index is -3.60. The number of benzene rings is 1. The van der Waals surface area contributed by atoms with E-state index in [1.807, 2.05) is 6.92 Å². The fraction of sp³-hybridized carbons (Fsp3) is 0.538. The summed E-state index contributed by atoms with van der Waals surface area (Å²) in [5.74, 6) is 0.291. The molecule has 6 heteroatoms. The molecular formula is C13H20ClNO3S. The first-order chi connectivity index (χ1) is 8.58. The highest BCUT2D eigenvalue weighted by Gasteiger charge is 2.19. The lowest BCUT2D eigenvalue weighted by Crippen LogP contribution is -2.32. The molecule has 0 radical (unpaired) electrons. The lowest BCUT2D eigenvalue weighted by molar-refractivity contribution is 0.223. The number of piperidine rings is 1. The topological polar surface area (TPSA) is 55.4 Å². The Morgan fingerprint density at radius 2 is 2.00 bits per heavy atom. The van der Waals surface area contributed by atoms with Crippen molar-refractivity contribution in [2.75, 3.05) is 19.7 Å². The quantitative estimate of drug-likeness (QED) is 0.866. The number of hydrogen-bond acceptors (Lipinski definition) is 4. The monoisotopic (exact) mass is 305 g/mol. The van der Waals surface area contributed by atoms with Gasteiger partial charge in [0.25, 0.3) is 10.1 Å². The second kappa shape index (κ2) is 7.24. The predicted octanol–water partition coefficient (Wildman–Crippen LogP) is 2.12. The second-order valence-corrected chi connectivity index (χ2v) is 6.38. The number of aryl methyl sites for hydroxylation is 1. The maximum Gasteiger partial charge on any atom is 0.296 e. The van der Waals surface area contributed by atoms with Crippen LogP contribution in [-0.2, 0) is 14.3 Å². The summed E-state index contributed by atoms with van der Waals surface area (Å²) in [4.78, 5) is 0.233. The first kappa shape index (κ1) is 16.4. The van der Waals surface area contributed by atoms with Crippen molar-refractivity contribution in [2.24, 2.45) is 5.92 Å². The number of nitrogens with one attached hydrogen (secondary N) is 1. The highest BCUT2D eigenvalue weighted by atomic mass is 35.5. The van der Waals surface area contributed by atoms with Crippen LogP contribution >= 0.6 is 12.4 Å². The molecule has 0 aliphatic carbocycles. The second-order valence-electron chi connectivity index (χ2n) is 4.76. The minimum Gasteiger partial charge on any atom is -0.316 e. The molecule has 0 bridgehead atoms. The molecule has 1 N–H and O–H groups in total. The summed E-state index contributed by atoms with van der Waals surface area (Å²) in [6.07, 6.45) is 2.11. The molecule has 1 fully saturated rings. The Labute approximate surface area is 121 Å². The van der Waals surface area contributed by atoms with Crippen LogP contribution < -0.4 is 5.32 Å². The zero-order valence-corrected chi connectivity index (χ0v) is 12.6.